The normalized spacial score (nSPS) is 19.9. The smallest absolute Gasteiger partial charge is 0.0184 e. The van der Waals surface area contributed by atoms with Crippen LogP contribution in [0.1, 0.15) is 19.3 Å². The van der Waals surface area contributed by atoms with Gasteiger partial charge in [-0.05, 0) is 24.2 Å². The molecule has 0 bridgehead atoms. The summed E-state index contributed by atoms with van der Waals surface area (Å²) >= 11 is 4.24. The molecule has 0 amide bonds. The second-order valence-electron chi connectivity index (χ2n) is 1.98. The summed E-state index contributed by atoms with van der Waals surface area (Å²) in [5.74, 6) is 0. The first-order chi connectivity index (χ1) is 3.89. The van der Waals surface area contributed by atoms with Crippen LogP contribution >= 0.6 is 12.6 Å². The quantitative estimate of drug-likeness (QED) is 0.474. The third-order valence-electron chi connectivity index (χ3n) is 1.23. The van der Waals surface area contributed by atoms with E-state index in [1.165, 1.54) is 17.7 Å². The zero-order chi connectivity index (χ0) is 5.82. The van der Waals surface area contributed by atoms with Crippen LogP contribution in [0, 0.1) is 0 Å². The number of hydrogen-bond donors (Lipinski definition) is 1. The van der Waals surface area contributed by atoms with E-state index >= 15 is 0 Å². The minimum atomic E-state index is 1.15. The molecule has 8 heavy (non-hydrogen) atoms. The van der Waals surface area contributed by atoms with Crippen LogP contribution in [0.5, 0.6) is 0 Å². The molecule has 0 aromatic carbocycles. The minimum absolute atomic E-state index is 1.15. The first kappa shape index (κ1) is 5.96. The van der Waals surface area contributed by atoms with Gasteiger partial charge in [0.1, 0.15) is 0 Å². The van der Waals surface area contributed by atoms with E-state index in [-0.39, 0.29) is 0 Å². The van der Waals surface area contributed by atoms with E-state index in [0.717, 1.165) is 6.42 Å². The third kappa shape index (κ3) is 1.74. The van der Waals surface area contributed by atoms with Gasteiger partial charge in [0.25, 0.3) is 0 Å². The minimum Gasteiger partial charge on any atom is -0.148 e. The fraction of sp³-hybridized carbons (Fsp3) is 0.429. The maximum absolute atomic E-state index is 4.24. The lowest BCUT2D eigenvalue weighted by molar-refractivity contribution is 0.869. The first-order valence-corrected chi connectivity index (χ1v) is 3.39. The Morgan fingerprint density at radius 3 is 3.25 bits per heavy atom. The molecular weight excluding hydrogens is 116 g/mol. The predicted octanol–water partition coefficient (Wildman–Crippen LogP) is 2.54. The molecule has 1 aliphatic rings. The maximum atomic E-state index is 4.24. The standard InChI is InChI=1S/C7H10S/c8-7-5-3-1-2-4-6-7/h1,3,5,8H,2,4,6H2. The SMILES string of the molecule is SC1=CC=CCCC1. The molecule has 0 aliphatic heterocycles. The van der Waals surface area contributed by atoms with Crippen molar-refractivity contribution in [3.05, 3.63) is 23.1 Å². The van der Waals surface area contributed by atoms with Crippen molar-refractivity contribution >= 4 is 12.6 Å². The molecule has 0 aromatic rings. The van der Waals surface area contributed by atoms with Crippen molar-refractivity contribution in [3.8, 4) is 0 Å². The van der Waals surface area contributed by atoms with E-state index in [1.807, 2.05) is 0 Å². The summed E-state index contributed by atoms with van der Waals surface area (Å²) < 4.78 is 0. The Balaban J connectivity index is 2.52. The van der Waals surface area contributed by atoms with Gasteiger partial charge in [-0.2, -0.15) is 0 Å². The van der Waals surface area contributed by atoms with E-state index in [2.05, 4.69) is 30.9 Å². The maximum Gasteiger partial charge on any atom is -0.0184 e. The summed E-state index contributed by atoms with van der Waals surface area (Å²) in [7, 11) is 0. The van der Waals surface area contributed by atoms with Gasteiger partial charge in [-0.15, -0.1) is 12.6 Å². The van der Waals surface area contributed by atoms with Gasteiger partial charge >= 0.3 is 0 Å². The van der Waals surface area contributed by atoms with Gasteiger partial charge in [-0.3, -0.25) is 0 Å². The second-order valence-corrected chi connectivity index (χ2v) is 2.55. The molecular formula is C7H10S. The van der Waals surface area contributed by atoms with Crippen LogP contribution < -0.4 is 0 Å². The van der Waals surface area contributed by atoms with Crippen molar-refractivity contribution in [1.82, 2.24) is 0 Å². The average molecular weight is 126 g/mol. The highest BCUT2D eigenvalue weighted by Gasteiger charge is 1.91. The average Bonchev–Trinajstić information content (AvgIpc) is 1.94. The summed E-state index contributed by atoms with van der Waals surface area (Å²) in [4.78, 5) is 1.21. The molecule has 0 atom stereocenters. The Labute approximate surface area is 55.7 Å². The Bertz CT molecular complexity index is 122. The molecule has 0 saturated heterocycles. The van der Waals surface area contributed by atoms with Gasteiger partial charge in [-0.1, -0.05) is 18.2 Å². The molecule has 0 saturated carbocycles. The van der Waals surface area contributed by atoms with Crippen LogP contribution in [0.15, 0.2) is 23.1 Å². The molecule has 0 radical (unpaired) electrons. The number of thiol groups is 1. The van der Waals surface area contributed by atoms with E-state index in [9.17, 15) is 0 Å². The van der Waals surface area contributed by atoms with Crippen molar-refractivity contribution in [2.75, 3.05) is 0 Å². The molecule has 0 spiro atoms. The fourth-order valence-corrected chi connectivity index (χ4v) is 1.00. The van der Waals surface area contributed by atoms with E-state index in [1.54, 1.807) is 0 Å². The highest BCUT2D eigenvalue weighted by molar-refractivity contribution is 7.84. The monoisotopic (exact) mass is 126 g/mol. The highest BCUT2D eigenvalue weighted by Crippen LogP contribution is 2.14. The van der Waals surface area contributed by atoms with Crippen LogP contribution in [-0.2, 0) is 0 Å². The van der Waals surface area contributed by atoms with E-state index in [4.69, 9.17) is 0 Å². The van der Waals surface area contributed by atoms with Gasteiger partial charge in [0, 0.05) is 0 Å². The zero-order valence-electron chi connectivity index (χ0n) is 4.80. The van der Waals surface area contributed by atoms with Gasteiger partial charge in [-0.25, -0.2) is 0 Å². The van der Waals surface area contributed by atoms with Crippen LogP contribution in [0.2, 0.25) is 0 Å². The second kappa shape index (κ2) is 2.98. The molecule has 0 fully saturated rings. The molecule has 0 unspecified atom stereocenters. The lowest BCUT2D eigenvalue weighted by atomic mass is 10.2. The largest absolute Gasteiger partial charge is 0.148 e. The number of hydrogen-bond acceptors (Lipinski definition) is 1. The molecule has 0 heterocycles. The van der Waals surface area contributed by atoms with Crippen LogP contribution in [0.25, 0.3) is 0 Å². The molecule has 0 N–H and O–H groups in total. The Hall–Kier alpha value is -0.170. The van der Waals surface area contributed by atoms with Gasteiger partial charge in [0.2, 0.25) is 0 Å². The fourth-order valence-electron chi connectivity index (χ4n) is 0.760. The van der Waals surface area contributed by atoms with Gasteiger partial charge < -0.3 is 0 Å². The van der Waals surface area contributed by atoms with Crippen LogP contribution in [0.3, 0.4) is 0 Å². The molecule has 1 heteroatoms. The van der Waals surface area contributed by atoms with Crippen molar-refractivity contribution in [2.24, 2.45) is 0 Å². The van der Waals surface area contributed by atoms with Crippen molar-refractivity contribution in [2.45, 2.75) is 19.3 Å². The summed E-state index contributed by atoms with van der Waals surface area (Å²) in [5, 5.41) is 0. The van der Waals surface area contributed by atoms with E-state index < -0.39 is 0 Å². The Morgan fingerprint density at radius 1 is 1.50 bits per heavy atom. The predicted molar refractivity (Wildman–Crippen MR) is 40.1 cm³/mol. The van der Waals surface area contributed by atoms with Crippen LogP contribution in [-0.4, -0.2) is 0 Å². The molecule has 0 aromatic heterocycles. The Morgan fingerprint density at radius 2 is 2.38 bits per heavy atom. The summed E-state index contributed by atoms with van der Waals surface area (Å²) in [5.41, 5.74) is 0. The van der Waals surface area contributed by atoms with Gasteiger partial charge in [0.05, 0.1) is 0 Å². The number of allylic oxidation sites excluding steroid dienone is 4. The Kier molecular flexibility index (Phi) is 2.22. The van der Waals surface area contributed by atoms with Crippen molar-refractivity contribution in [1.29, 1.82) is 0 Å². The first-order valence-electron chi connectivity index (χ1n) is 2.94. The van der Waals surface area contributed by atoms with Crippen molar-refractivity contribution in [3.63, 3.8) is 0 Å². The summed E-state index contributed by atoms with van der Waals surface area (Å²) in [6, 6.07) is 0. The van der Waals surface area contributed by atoms with E-state index in [0.29, 0.717) is 0 Å². The highest BCUT2D eigenvalue weighted by atomic mass is 32.1. The molecule has 1 aliphatic carbocycles. The summed E-state index contributed by atoms with van der Waals surface area (Å²) in [6.07, 6.45) is 9.94. The molecule has 1 rings (SSSR count). The summed E-state index contributed by atoms with van der Waals surface area (Å²) in [6.45, 7) is 0. The zero-order valence-corrected chi connectivity index (χ0v) is 5.70. The lowest BCUT2D eigenvalue weighted by Crippen LogP contribution is -1.69. The van der Waals surface area contributed by atoms with Gasteiger partial charge in [0.15, 0.2) is 0 Å². The lowest BCUT2D eigenvalue weighted by Gasteiger charge is -1.90. The topological polar surface area (TPSA) is 0 Å². The molecule has 0 nitrogen and oxygen atoms in total. The third-order valence-corrected chi connectivity index (χ3v) is 1.60. The van der Waals surface area contributed by atoms with Crippen molar-refractivity contribution < 1.29 is 0 Å². The molecule has 44 valence electrons. The number of rotatable bonds is 0. The van der Waals surface area contributed by atoms with Crippen LogP contribution in [0.4, 0.5) is 0 Å².